The van der Waals surface area contributed by atoms with Crippen LogP contribution in [0.5, 0.6) is 5.75 Å². The van der Waals surface area contributed by atoms with Gasteiger partial charge in [0.1, 0.15) is 11.6 Å². The molecule has 0 radical (unpaired) electrons. The van der Waals surface area contributed by atoms with E-state index >= 15 is 0 Å². The first-order valence-corrected chi connectivity index (χ1v) is 11.7. The fourth-order valence-corrected chi connectivity index (χ4v) is 4.52. The predicted molar refractivity (Wildman–Crippen MR) is 140 cm³/mol. The van der Waals surface area contributed by atoms with Gasteiger partial charge in [0.2, 0.25) is 0 Å². The number of benzene rings is 3. The maximum absolute atomic E-state index is 14.8. The summed E-state index contributed by atoms with van der Waals surface area (Å²) in [6, 6.07) is 20.8. The first kappa shape index (κ1) is 24.2. The molecule has 1 aliphatic heterocycles. The fraction of sp³-hybridized carbons (Fsp3) is 0.241. The molecule has 6 heteroatoms. The smallest absolute Gasteiger partial charge is 0.277 e. The third-order valence-corrected chi connectivity index (χ3v) is 6.14. The van der Waals surface area contributed by atoms with E-state index in [-0.39, 0.29) is 18.0 Å². The van der Waals surface area contributed by atoms with Crippen LogP contribution in [-0.4, -0.2) is 30.8 Å². The lowest BCUT2D eigenvalue weighted by Crippen LogP contribution is -2.45. The van der Waals surface area contributed by atoms with E-state index in [0.717, 1.165) is 34.5 Å². The number of rotatable bonds is 7. The maximum Gasteiger partial charge on any atom is 0.277 e. The number of hydrogen-bond acceptors (Lipinski definition) is 4. The van der Waals surface area contributed by atoms with E-state index in [1.165, 1.54) is 6.21 Å². The normalized spacial score (nSPS) is 14.4. The SMILES string of the molecule is CCN1c2cc(F)c(/C=N/NC(=O)COc3ccc(-c4ccccc4)cc3)cc2C(C)=CC1(C)C. The zero-order chi connectivity index (χ0) is 25.0. The van der Waals surface area contributed by atoms with E-state index in [0.29, 0.717) is 11.3 Å². The Kier molecular flexibility index (Phi) is 7.01. The van der Waals surface area contributed by atoms with Crippen molar-refractivity contribution in [3.63, 3.8) is 0 Å². The minimum Gasteiger partial charge on any atom is -0.484 e. The molecule has 1 aliphatic rings. The molecule has 35 heavy (non-hydrogen) atoms. The van der Waals surface area contributed by atoms with Gasteiger partial charge in [-0.2, -0.15) is 5.10 Å². The Bertz CT molecular complexity index is 1270. The molecule has 4 rings (SSSR count). The highest BCUT2D eigenvalue weighted by atomic mass is 19.1. The number of ether oxygens (including phenoxy) is 1. The van der Waals surface area contributed by atoms with Crippen LogP contribution in [0.2, 0.25) is 0 Å². The van der Waals surface area contributed by atoms with E-state index in [9.17, 15) is 9.18 Å². The number of halogens is 1. The molecule has 0 atom stereocenters. The Hall–Kier alpha value is -3.93. The zero-order valence-electron chi connectivity index (χ0n) is 20.5. The predicted octanol–water partition coefficient (Wildman–Crippen LogP) is 6.04. The van der Waals surface area contributed by atoms with E-state index < -0.39 is 5.91 Å². The van der Waals surface area contributed by atoms with Gasteiger partial charge in [0.15, 0.2) is 6.61 Å². The van der Waals surface area contributed by atoms with E-state index in [1.54, 1.807) is 12.1 Å². The number of nitrogens with zero attached hydrogens (tertiary/aromatic N) is 2. The van der Waals surface area contributed by atoms with Crippen LogP contribution in [0.4, 0.5) is 10.1 Å². The number of amides is 1. The van der Waals surface area contributed by atoms with Gasteiger partial charge in [0.25, 0.3) is 5.91 Å². The monoisotopic (exact) mass is 471 g/mol. The summed E-state index contributed by atoms with van der Waals surface area (Å²) < 4.78 is 20.4. The van der Waals surface area contributed by atoms with Crippen molar-refractivity contribution in [1.82, 2.24) is 5.43 Å². The molecule has 3 aromatic rings. The Morgan fingerprint density at radius 3 is 2.46 bits per heavy atom. The number of nitrogens with one attached hydrogen (secondary N) is 1. The summed E-state index contributed by atoms with van der Waals surface area (Å²) in [6.45, 7) is 8.89. The van der Waals surface area contributed by atoms with Crippen molar-refractivity contribution in [1.29, 1.82) is 0 Å². The summed E-state index contributed by atoms with van der Waals surface area (Å²) in [5.74, 6) is -0.239. The quantitative estimate of drug-likeness (QED) is 0.337. The minimum atomic E-state index is -0.429. The van der Waals surface area contributed by atoms with Gasteiger partial charge < -0.3 is 9.64 Å². The standard InChI is InChI=1S/C29H30FN3O2/c1-5-33-27-16-26(30)23(15-25(27)20(2)17-29(33,3)4)18-31-32-28(34)19-35-24-13-11-22(12-14-24)21-9-7-6-8-10-21/h6-18H,5,19H2,1-4H3,(H,32,34)/b31-18+. The molecule has 0 bridgehead atoms. The highest BCUT2D eigenvalue weighted by Gasteiger charge is 2.30. The Labute approximate surface area is 205 Å². The molecule has 0 spiro atoms. The number of carbonyl (C=O) groups is 1. The van der Waals surface area contributed by atoms with Gasteiger partial charge in [-0.15, -0.1) is 0 Å². The third-order valence-electron chi connectivity index (χ3n) is 6.14. The molecule has 0 aliphatic carbocycles. The maximum atomic E-state index is 14.8. The Balaban J connectivity index is 1.36. The molecule has 1 heterocycles. The van der Waals surface area contributed by atoms with Gasteiger partial charge in [-0.05, 0) is 68.7 Å². The minimum absolute atomic E-state index is 0.191. The topological polar surface area (TPSA) is 53.9 Å². The van der Waals surface area contributed by atoms with Crippen LogP contribution in [0.15, 0.2) is 77.9 Å². The Morgan fingerprint density at radius 2 is 1.77 bits per heavy atom. The second-order valence-corrected chi connectivity index (χ2v) is 9.09. The van der Waals surface area contributed by atoms with E-state index in [4.69, 9.17) is 4.74 Å². The summed E-state index contributed by atoms with van der Waals surface area (Å²) >= 11 is 0. The summed E-state index contributed by atoms with van der Waals surface area (Å²) in [4.78, 5) is 14.3. The van der Waals surface area contributed by atoms with Crippen LogP contribution in [0.1, 0.15) is 38.8 Å². The fourth-order valence-electron chi connectivity index (χ4n) is 4.52. The molecule has 0 unspecified atom stereocenters. The first-order chi connectivity index (χ1) is 16.8. The first-order valence-electron chi connectivity index (χ1n) is 11.7. The van der Waals surface area contributed by atoms with Crippen molar-refractivity contribution in [2.24, 2.45) is 5.10 Å². The summed E-state index contributed by atoms with van der Waals surface area (Å²) in [6.07, 6.45) is 3.51. The number of carbonyl (C=O) groups excluding carboxylic acids is 1. The number of hydrazone groups is 1. The van der Waals surface area contributed by atoms with Crippen molar-refractivity contribution < 1.29 is 13.9 Å². The average molecular weight is 472 g/mol. The lowest BCUT2D eigenvalue weighted by Gasteiger charge is -2.42. The van der Waals surface area contributed by atoms with Gasteiger partial charge in [-0.3, -0.25) is 4.79 Å². The summed E-state index contributed by atoms with van der Waals surface area (Å²) in [5.41, 5.74) is 7.60. The van der Waals surface area contributed by atoms with Crippen LogP contribution in [0, 0.1) is 5.82 Å². The number of fused-ring (bicyclic) bond motifs is 1. The average Bonchev–Trinajstić information content (AvgIpc) is 2.84. The molecule has 1 N–H and O–H groups in total. The van der Waals surface area contributed by atoms with Gasteiger partial charge in [0.05, 0.1) is 11.8 Å². The van der Waals surface area contributed by atoms with E-state index in [1.807, 2.05) is 61.5 Å². The van der Waals surface area contributed by atoms with Crippen LogP contribution in [0.25, 0.3) is 16.7 Å². The molecular weight excluding hydrogens is 441 g/mol. The number of likely N-dealkylation sites (N-methyl/N-ethyl adjacent to an activating group) is 1. The summed E-state index contributed by atoms with van der Waals surface area (Å²) in [7, 11) is 0. The van der Waals surface area contributed by atoms with Crippen molar-refractivity contribution in [3.05, 3.63) is 89.8 Å². The van der Waals surface area contributed by atoms with Crippen molar-refractivity contribution in [2.45, 2.75) is 33.2 Å². The molecule has 0 saturated carbocycles. The highest BCUT2D eigenvalue weighted by Crippen LogP contribution is 2.39. The number of hydrogen-bond donors (Lipinski definition) is 1. The number of anilines is 1. The molecule has 180 valence electrons. The van der Waals surface area contributed by atoms with Crippen molar-refractivity contribution in [3.8, 4) is 16.9 Å². The summed E-state index contributed by atoms with van der Waals surface area (Å²) in [5, 5.41) is 3.93. The largest absolute Gasteiger partial charge is 0.484 e. The lowest BCUT2D eigenvalue weighted by molar-refractivity contribution is -0.123. The highest BCUT2D eigenvalue weighted by molar-refractivity contribution is 5.89. The van der Waals surface area contributed by atoms with Gasteiger partial charge >= 0.3 is 0 Å². The molecule has 1 amide bonds. The van der Waals surface area contributed by atoms with Crippen molar-refractivity contribution >= 4 is 23.4 Å². The molecule has 5 nitrogen and oxygen atoms in total. The second kappa shape index (κ2) is 10.1. The molecule has 0 saturated heterocycles. The molecule has 3 aromatic carbocycles. The van der Waals surface area contributed by atoms with E-state index in [2.05, 4.69) is 42.3 Å². The molecule has 0 fully saturated rings. The molecule has 0 aromatic heterocycles. The van der Waals surface area contributed by atoms with Crippen LogP contribution in [-0.2, 0) is 4.79 Å². The van der Waals surface area contributed by atoms with Gasteiger partial charge in [-0.25, -0.2) is 9.82 Å². The molecular formula is C29H30FN3O2. The zero-order valence-corrected chi connectivity index (χ0v) is 20.5. The second-order valence-electron chi connectivity index (χ2n) is 9.09. The van der Waals surface area contributed by atoms with Crippen LogP contribution >= 0.6 is 0 Å². The van der Waals surface area contributed by atoms with Crippen LogP contribution < -0.4 is 15.1 Å². The van der Waals surface area contributed by atoms with Crippen LogP contribution in [0.3, 0.4) is 0 Å². The number of allylic oxidation sites excluding steroid dienone is 1. The Morgan fingerprint density at radius 1 is 1.09 bits per heavy atom. The van der Waals surface area contributed by atoms with Gasteiger partial charge in [-0.1, -0.05) is 48.5 Å². The van der Waals surface area contributed by atoms with Gasteiger partial charge in [0, 0.05) is 23.4 Å². The third kappa shape index (κ3) is 5.43. The van der Waals surface area contributed by atoms with Crippen molar-refractivity contribution in [2.75, 3.05) is 18.1 Å². The lowest BCUT2D eigenvalue weighted by atomic mass is 9.88.